The zero-order chi connectivity index (χ0) is 12.7. The number of nitrogens with zero attached hydrogens (tertiary/aromatic N) is 1. The van der Waals surface area contributed by atoms with Crippen molar-refractivity contribution in [3.63, 3.8) is 0 Å². The Kier molecular flexibility index (Phi) is 3.00. The molecule has 0 saturated carbocycles. The minimum atomic E-state index is -0.527. The molecule has 1 aromatic heterocycles. The van der Waals surface area contributed by atoms with Gasteiger partial charge >= 0.3 is 7.12 Å². The number of hydrogen-bond donors (Lipinski definition) is 0. The summed E-state index contributed by atoms with van der Waals surface area (Å²) in [6.45, 7) is 7.41. The molecule has 0 aliphatic carbocycles. The minimum Gasteiger partial charge on any atom is -0.399 e. The highest BCUT2D eigenvalue weighted by Crippen LogP contribution is 2.36. The fourth-order valence-electron chi connectivity index (χ4n) is 1.69. The lowest BCUT2D eigenvalue weighted by Gasteiger charge is -2.32. The van der Waals surface area contributed by atoms with Gasteiger partial charge in [-0.25, -0.2) is 4.39 Å². The van der Waals surface area contributed by atoms with Crippen LogP contribution >= 0.6 is 0 Å². The molecule has 1 aliphatic rings. The fraction of sp³-hybridized carbons (Fsp3) is 0.583. The molecule has 2 heterocycles. The van der Waals surface area contributed by atoms with Gasteiger partial charge in [0.15, 0.2) is 0 Å². The molecule has 0 spiro atoms. The van der Waals surface area contributed by atoms with Crippen LogP contribution in [0.25, 0.3) is 0 Å². The molecule has 5 heteroatoms. The molecule has 1 fully saturated rings. The first-order valence-electron chi connectivity index (χ1n) is 5.71. The van der Waals surface area contributed by atoms with E-state index in [2.05, 4.69) is 4.98 Å². The molecule has 1 aliphatic heterocycles. The topological polar surface area (TPSA) is 31.4 Å². The van der Waals surface area contributed by atoms with Gasteiger partial charge in [-0.15, -0.1) is 0 Å². The van der Waals surface area contributed by atoms with Crippen molar-refractivity contribution < 1.29 is 13.7 Å². The smallest absolute Gasteiger partial charge is 0.399 e. The summed E-state index contributed by atoms with van der Waals surface area (Å²) >= 11 is 0. The summed E-state index contributed by atoms with van der Waals surface area (Å²) in [5.41, 5.74) is 0.531. The summed E-state index contributed by atoms with van der Waals surface area (Å²) in [7, 11) is -0.473. The van der Waals surface area contributed by atoms with Crippen molar-refractivity contribution in [1.29, 1.82) is 0 Å². The van der Waals surface area contributed by atoms with E-state index in [1.165, 1.54) is 6.20 Å². The molecule has 0 bridgehead atoms. The van der Waals surface area contributed by atoms with Crippen molar-refractivity contribution in [2.24, 2.45) is 0 Å². The van der Waals surface area contributed by atoms with Crippen LogP contribution in [0, 0.1) is 0 Å². The Morgan fingerprint density at radius 3 is 2.29 bits per heavy atom. The molecular weight excluding hydrogens is 220 g/mol. The van der Waals surface area contributed by atoms with Crippen LogP contribution < -0.4 is 5.46 Å². The van der Waals surface area contributed by atoms with Gasteiger partial charge in [0.1, 0.15) is 6.67 Å². The third-order valence-electron chi connectivity index (χ3n) is 3.50. The second-order valence-electron chi connectivity index (χ2n) is 5.35. The van der Waals surface area contributed by atoms with Crippen molar-refractivity contribution in [2.45, 2.75) is 45.6 Å². The molecule has 1 saturated heterocycles. The maximum atomic E-state index is 12.6. The number of alkyl halides is 1. The van der Waals surface area contributed by atoms with Crippen LogP contribution in [0.5, 0.6) is 0 Å². The van der Waals surface area contributed by atoms with E-state index in [4.69, 9.17) is 9.31 Å². The third-order valence-corrected chi connectivity index (χ3v) is 3.50. The van der Waals surface area contributed by atoms with Gasteiger partial charge in [0.2, 0.25) is 0 Å². The molecule has 0 amide bonds. The van der Waals surface area contributed by atoms with Crippen molar-refractivity contribution in [2.75, 3.05) is 0 Å². The lowest BCUT2D eigenvalue weighted by Crippen LogP contribution is -2.41. The number of rotatable bonds is 2. The predicted molar refractivity (Wildman–Crippen MR) is 64.8 cm³/mol. The average Bonchev–Trinajstić information content (AvgIpc) is 2.48. The number of hydrogen-bond acceptors (Lipinski definition) is 3. The van der Waals surface area contributed by atoms with Crippen LogP contribution in [-0.2, 0) is 16.0 Å². The normalized spacial score (nSPS) is 21.8. The van der Waals surface area contributed by atoms with Crippen molar-refractivity contribution >= 4 is 12.6 Å². The molecule has 2 rings (SSSR count). The Morgan fingerprint density at radius 2 is 1.76 bits per heavy atom. The summed E-state index contributed by atoms with van der Waals surface area (Å²) in [5.74, 6) is 0. The molecule has 92 valence electrons. The average molecular weight is 237 g/mol. The standard InChI is InChI=1S/C12H17BFNO2/c1-11(2)12(3,4)17-13(16-11)10-5-9(6-14)7-15-8-10/h5,7-8H,6H2,1-4H3. The van der Waals surface area contributed by atoms with Crippen LogP contribution in [0.2, 0.25) is 0 Å². The van der Waals surface area contributed by atoms with Crippen molar-refractivity contribution in [3.8, 4) is 0 Å². The van der Waals surface area contributed by atoms with E-state index in [1.54, 1.807) is 12.3 Å². The van der Waals surface area contributed by atoms with Gasteiger partial charge in [-0.1, -0.05) is 6.07 Å². The highest BCUT2D eigenvalue weighted by atomic mass is 19.1. The molecule has 3 nitrogen and oxygen atoms in total. The highest BCUT2D eigenvalue weighted by molar-refractivity contribution is 6.62. The van der Waals surface area contributed by atoms with Crippen LogP contribution in [0.3, 0.4) is 0 Å². The number of aromatic nitrogens is 1. The Bertz CT molecular complexity index is 407. The van der Waals surface area contributed by atoms with Gasteiger partial charge in [-0.2, -0.15) is 0 Å². The maximum absolute atomic E-state index is 12.6. The molecule has 0 aromatic carbocycles. The lowest BCUT2D eigenvalue weighted by molar-refractivity contribution is 0.00578. The van der Waals surface area contributed by atoms with E-state index in [1.807, 2.05) is 27.7 Å². The highest BCUT2D eigenvalue weighted by Gasteiger charge is 2.51. The zero-order valence-corrected chi connectivity index (χ0v) is 10.7. The molecule has 0 N–H and O–H groups in total. The zero-order valence-electron chi connectivity index (χ0n) is 10.7. The van der Waals surface area contributed by atoms with E-state index in [-0.39, 0.29) is 11.2 Å². The number of pyridine rings is 1. The predicted octanol–water partition coefficient (Wildman–Crippen LogP) is 1.85. The van der Waals surface area contributed by atoms with E-state index < -0.39 is 13.8 Å². The van der Waals surface area contributed by atoms with Crippen LogP contribution in [0.1, 0.15) is 33.3 Å². The fourth-order valence-corrected chi connectivity index (χ4v) is 1.69. The van der Waals surface area contributed by atoms with Gasteiger partial charge in [0.05, 0.1) is 11.2 Å². The summed E-state index contributed by atoms with van der Waals surface area (Å²) in [6, 6.07) is 1.73. The Morgan fingerprint density at radius 1 is 1.18 bits per heavy atom. The minimum absolute atomic E-state index is 0.386. The summed E-state index contributed by atoms with van der Waals surface area (Å²) in [4.78, 5) is 4.00. The monoisotopic (exact) mass is 237 g/mol. The van der Waals surface area contributed by atoms with Crippen LogP contribution in [0.4, 0.5) is 4.39 Å². The molecule has 0 unspecified atom stereocenters. The van der Waals surface area contributed by atoms with E-state index in [0.29, 0.717) is 5.56 Å². The molecular formula is C12H17BFNO2. The first-order valence-corrected chi connectivity index (χ1v) is 5.71. The molecule has 1 aromatic rings. The Balaban J connectivity index is 2.25. The summed E-state index contributed by atoms with van der Waals surface area (Å²) < 4.78 is 24.3. The maximum Gasteiger partial charge on any atom is 0.496 e. The molecule has 0 radical (unpaired) electrons. The van der Waals surface area contributed by atoms with E-state index >= 15 is 0 Å². The summed E-state index contributed by atoms with van der Waals surface area (Å²) in [5, 5.41) is 0. The quantitative estimate of drug-likeness (QED) is 0.735. The number of halogens is 1. The van der Waals surface area contributed by atoms with Gasteiger partial charge in [-0.3, -0.25) is 4.98 Å². The first kappa shape index (κ1) is 12.5. The van der Waals surface area contributed by atoms with Crippen molar-refractivity contribution in [3.05, 3.63) is 24.0 Å². The van der Waals surface area contributed by atoms with Crippen molar-refractivity contribution in [1.82, 2.24) is 4.98 Å². The van der Waals surface area contributed by atoms with Gasteiger partial charge < -0.3 is 9.31 Å². The largest absolute Gasteiger partial charge is 0.496 e. The van der Waals surface area contributed by atoms with E-state index in [9.17, 15) is 4.39 Å². The molecule has 0 atom stereocenters. The van der Waals surface area contributed by atoms with Crippen LogP contribution in [-0.4, -0.2) is 23.3 Å². The van der Waals surface area contributed by atoms with Gasteiger partial charge in [0, 0.05) is 23.4 Å². The first-order chi connectivity index (χ1) is 7.86. The van der Waals surface area contributed by atoms with Gasteiger partial charge in [-0.05, 0) is 27.7 Å². The second-order valence-corrected chi connectivity index (χ2v) is 5.35. The molecule has 17 heavy (non-hydrogen) atoms. The van der Waals surface area contributed by atoms with E-state index in [0.717, 1.165) is 5.46 Å². The van der Waals surface area contributed by atoms with Gasteiger partial charge in [0.25, 0.3) is 0 Å². The second kappa shape index (κ2) is 4.07. The Labute approximate surface area is 101 Å². The SMILES string of the molecule is CC1(C)OB(c2cncc(CF)c2)OC1(C)C. The third kappa shape index (κ3) is 2.22. The summed E-state index contributed by atoms with van der Waals surface area (Å²) in [6.07, 6.45) is 3.16. The Hall–Kier alpha value is -0.935. The van der Waals surface area contributed by atoms with Crippen LogP contribution in [0.15, 0.2) is 18.5 Å². The lowest BCUT2D eigenvalue weighted by atomic mass is 9.80.